The van der Waals surface area contributed by atoms with Crippen LogP contribution < -0.4 is 4.74 Å². The van der Waals surface area contributed by atoms with Gasteiger partial charge in [0.2, 0.25) is 5.76 Å². The standard InChI is InChI=1S/C29H39NO4/c1-3-5-7-8-9-10-13-21-16-17-23(33-25-19-18-24(34-25)29(31)32)28-27(21)26-20(12-6-4-2)14-11-15-22(26)30-28/h16-21H,3-15H2,1-2H3,(H,31,32). The van der Waals surface area contributed by atoms with Gasteiger partial charge >= 0.3 is 5.97 Å². The van der Waals surface area contributed by atoms with Crippen LogP contribution in [0, 0.1) is 11.8 Å². The molecule has 1 aromatic rings. The van der Waals surface area contributed by atoms with Gasteiger partial charge in [-0.1, -0.05) is 71.3 Å². The zero-order valence-electron chi connectivity index (χ0n) is 20.8. The Bertz CT molecular complexity index is 994. The summed E-state index contributed by atoms with van der Waals surface area (Å²) >= 11 is 0. The summed E-state index contributed by atoms with van der Waals surface area (Å²) in [5.74, 6) is 0.607. The molecule has 0 aromatic carbocycles. The molecule has 3 aliphatic rings. The van der Waals surface area contributed by atoms with Crippen LogP contribution in [0.25, 0.3) is 0 Å². The van der Waals surface area contributed by atoms with Crippen LogP contribution in [0.3, 0.4) is 0 Å². The molecule has 0 radical (unpaired) electrons. The van der Waals surface area contributed by atoms with Crippen LogP contribution in [-0.4, -0.2) is 16.8 Å². The number of fused-ring (bicyclic) bond motifs is 2. The lowest BCUT2D eigenvalue weighted by Gasteiger charge is -2.29. The molecule has 0 saturated heterocycles. The van der Waals surface area contributed by atoms with E-state index in [0.717, 1.165) is 18.5 Å². The summed E-state index contributed by atoms with van der Waals surface area (Å²) in [5.41, 5.74) is 5.05. The first-order valence-electron chi connectivity index (χ1n) is 13.4. The van der Waals surface area contributed by atoms with Crippen molar-refractivity contribution in [3.8, 4) is 5.95 Å². The number of carbonyl (C=O) groups is 1. The van der Waals surface area contributed by atoms with Gasteiger partial charge in [-0.25, -0.2) is 9.79 Å². The maximum absolute atomic E-state index is 11.2. The number of carboxylic acid groups (broad SMARTS) is 1. The zero-order valence-corrected chi connectivity index (χ0v) is 20.8. The van der Waals surface area contributed by atoms with Crippen molar-refractivity contribution in [2.24, 2.45) is 16.8 Å². The fourth-order valence-corrected chi connectivity index (χ4v) is 5.59. The Morgan fingerprint density at radius 3 is 2.62 bits per heavy atom. The highest BCUT2D eigenvalue weighted by molar-refractivity contribution is 6.06. The molecule has 184 valence electrons. The second kappa shape index (κ2) is 11.7. The van der Waals surface area contributed by atoms with Crippen LogP contribution >= 0.6 is 0 Å². The summed E-state index contributed by atoms with van der Waals surface area (Å²) in [6.45, 7) is 4.53. The molecule has 1 fully saturated rings. The van der Waals surface area contributed by atoms with Crippen molar-refractivity contribution < 1.29 is 19.1 Å². The molecule has 5 nitrogen and oxygen atoms in total. The molecule has 1 aliphatic heterocycles. The van der Waals surface area contributed by atoms with Crippen molar-refractivity contribution in [1.29, 1.82) is 0 Å². The Morgan fingerprint density at radius 1 is 1.06 bits per heavy atom. The van der Waals surface area contributed by atoms with Gasteiger partial charge in [0, 0.05) is 17.7 Å². The van der Waals surface area contributed by atoms with Gasteiger partial charge < -0.3 is 14.3 Å². The second-order valence-electron chi connectivity index (χ2n) is 9.88. The number of furan rings is 1. The van der Waals surface area contributed by atoms with E-state index < -0.39 is 5.97 Å². The summed E-state index contributed by atoms with van der Waals surface area (Å²) in [4.78, 5) is 16.3. The Kier molecular flexibility index (Phi) is 8.47. The molecule has 0 spiro atoms. The van der Waals surface area contributed by atoms with Crippen molar-refractivity contribution in [3.05, 3.63) is 52.6 Å². The molecule has 2 atom stereocenters. The third kappa shape index (κ3) is 5.56. The number of unbranched alkanes of at least 4 members (excludes halogenated alkanes) is 6. The predicted octanol–water partition coefficient (Wildman–Crippen LogP) is 8.25. The van der Waals surface area contributed by atoms with Crippen LogP contribution in [0.15, 0.2) is 56.3 Å². The molecule has 1 aromatic heterocycles. The van der Waals surface area contributed by atoms with E-state index in [1.807, 2.05) is 6.08 Å². The minimum absolute atomic E-state index is 0.119. The minimum Gasteiger partial charge on any atom is -0.475 e. The highest BCUT2D eigenvalue weighted by Crippen LogP contribution is 2.47. The van der Waals surface area contributed by atoms with Crippen molar-refractivity contribution in [2.45, 2.75) is 97.3 Å². The van der Waals surface area contributed by atoms with Gasteiger partial charge in [0.15, 0.2) is 5.76 Å². The van der Waals surface area contributed by atoms with E-state index in [-0.39, 0.29) is 11.7 Å². The van der Waals surface area contributed by atoms with Gasteiger partial charge in [0.1, 0.15) is 5.70 Å². The van der Waals surface area contributed by atoms with E-state index in [0.29, 0.717) is 17.6 Å². The molecule has 0 amide bonds. The summed E-state index contributed by atoms with van der Waals surface area (Å²) in [5, 5.41) is 9.18. The quantitative estimate of drug-likeness (QED) is 0.298. The maximum atomic E-state index is 11.2. The molecule has 34 heavy (non-hydrogen) atoms. The van der Waals surface area contributed by atoms with Crippen LogP contribution in [-0.2, 0) is 0 Å². The predicted molar refractivity (Wildman–Crippen MR) is 135 cm³/mol. The first-order valence-corrected chi connectivity index (χ1v) is 13.4. The SMILES string of the molecule is CCCCCCCCC1C=CC(Oc2ccc(C(=O)O)o2)=C2N=C3CCCC(CCCC)C3=C21. The summed E-state index contributed by atoms with van der Waals surface area (Å²) in [6.07, 6.45) is 20.4. The van der Waals surface area contributed by atoms with E-state index >= 15 is 0 Å². The molecule has 2 unspecified atom stereocenters. The zero-order chi connectivity index (χ0) is 23.9. The summed E-state index contributed by atoms with van der Waals surface area (Å²) in [6, 6.07) is 3.00. The van der Waals surface area contributed by atoms with Crippen molar-refractivity contribution in [3.63, 3.8) is 0 Å². The topological polar surface area (TPSA) is 72.0 Å². The molecule has 1 saturated carbocycles. The van der Waals surface area contributed by atoms with E-state index in [9.17, 15) is 9.90 Å². The number of carboxylic acids is 1. The minimum atomic E-state index is -1.10. The van der Waals surface area contributed by atoms with Gasteiger partial charge in [0.25, 0.3) is 5.95 Å². The number of hydrogen-bond donors (Lipinski definition) is 1. The summed E-state index contributed by atoms with van der Waals surface area (Å²) < 4.78 is 11.4. The highest BCUT2D eigenvalue weighted by atomic mass is 16.6. The van der Waals surface area contributed by atoms with Crippen LogP contribution in [0.4, 0.5) is 0 Å². The number of nitrogens with zero attached hydrogens (tertiary/aromatic N) is 1. The third-order valence-corrected chi connectivity index (χ3v) is 7.34. The van der Waals surface area contributed by atoms with E-state index in [1.54, 1.807) is 6.07 Å². The number of aromatic carboxylic acids is 1. The Balaban J connectivity index is 1.59. The van der Waals surface area contributed by atoms with Crippen LogP contribution in [0.1, 0.15) is 108 Å². The van der Waals surface area contributed by atoms with Gasteiger partial charge in [-0.2, -0.15) is 0 Å². The van der Waals surface area contributed by atoms with Crippen LogP contribution in [0.5, 0.6) is 5.95 Å². The Morgan fingerprint density at radius 2 is 1.85 bits per heavy atom. The first-order chi connectivity index (χ1) is 16.6. The van der Waals surface area contributed by atoms with Gasteiger partial charge in [-0.05, 0) is 61.3 Å². The molecule has 2 aliphatic carbocycles. The van der Waals surface area contributed by atoms with E-state index in [4.69, 9.17) is 14.1 Å². The van der Waals surface area contributed by atoms with E-state index in [2.05, 4.69) is 19.9 Å². The van der Waals surface area contributed by atoms with Crippen molar-refractivity contribution in [1.82, 2.24) is 0 Å². The van der Waals surface area contributed by atoms with Gasteiger partial charge in [-0.3, -0.25) is 0 Å². The fraction of sp³-hybridized carbons (Fsp3) is 0.586. The second-order valence-corrected chi connectivity index (χ2v) is 9.88. The number of hydrogen-bond acceptors (Lipinski definition) is 4. The molecule has 0 bridgehead atoms. The molecule has 2 heterocycles. The summed E-state index contributed by atoms with van der Waals surface area (Å²) in [7, 11) is 0. The first kappa shape index (κ1) is 24.6. The van der Waals surface area contributed by atoms with Crippen LogP contribution in [0.2, 0.25) is 0 Å². The van der Waals surface area contributed by atoms with Crippen molar-refractivity contribution in [2.75, 3.05) is 0 Å². The number of aliphatic imine (C=N–C) groups is 1. The lowest BCUT2D eigenvalue weighted by atomic mass is 9.74. The lowest BCUT2D eigenvalue weighted by molar-refractivity contribution is 0.0656. The van der Waals surface area contributed by atoms with Crippen molar-refractivity contribution >= 4 is 11.7 Å². The number of rotatable bonds is 13. The Labute approximate surface area is 203 Å². The maximum Gasteiger partial charge on any atom is 0.371 e. The molecule has 1 N–H and O–H groups in total. The smallest absolute Gasteiger partial charge is 0.371 e. The van der Waals surface area contributed by atoms with E-state index in [1.165, 1.54) is 93.6 Å². The molecule has 5 heteroatoms. The molecular formula is C29H39NO4. The highest BCUT2D eigenvalue weighted by Gasteiger charge is 2.38. The molecular weight excluding hydrogens is 426 g/mol. The largest absolute Gasteiger partial charge is 0.475 e. The fourth-order valence-electron chi connectivity index (χ4n) is 5.59. The number of allylic oxidation sites excluding steroid dienone is 4. The third-order valence-electron chi connectivity index (χ3n) is 7.34. The molecule has 4 rings (SSSR count). The normalized spacial score (nSPS) is 21.5. The average molecular weight is 466 g/mol. The lowest BCUT2D eigenvalue weighted by Crippen LogP contribution is -2.21. The monoisotopic (exact) mass is 465 g/mol. The van der Waals surface area contributed by atoms with Gasteiger partial charge in [-0.15, -0.1) is 0 Å². The Hall–Kier alpha value is -2.56. The number of ether oxygens (including phenoxy) is 1. The van der Waals surface area contributed by atoms with Gasteiger partial charge in [0.05, 0.1) is 0 Å². The average Bonchev–Trinajstić information content (AvgIpc) is 3.47.